The molecule has 4 aliphatic rings. The Bertz CT molecular complexity index is 2500. The van der Waals surface area contributed by atoms with Gasteiger partial charge in [0.2, 0.25) is 11.8 Å². The van der Waals surface area contributed by atoms with Crippen LogP contribution in [-0.4, -0.2) is 45.1 Å². The van der Waals surface area contributed by atoms with Gasteiger partial charge in [0.15, 0.2) is 5.82 Å². The van der Waals surface area contributed by atoms with Crippen molar-refractivity contribution < 1.29 is 55.4 Å². The lowest BCUT2D eigenvalue weighted by Crippen LogP contribution is -2.53. The number of carbonyl (C=O) groups is 4. The molecular weight excluding hydrogens is 853 g/mol. The standard InChI is InChI=1S/C40H27Cl3F6N4O6/c1-17-2-7-21(13-28(17)42)52-34(55)24-10-9-23-25(31(24)36(52)57)15-27-35(56)53(51-33-29(43)12-19(16-50-33)39(44,45)46)37(58)38(27,18-3-5-20(41)6-4-18)32(23)26-14-22(8-11-30(26)54)59-40(47,48)49/h2-9,11-14,16,24-25,27,31-32,54H,10,15H2,1H3,(H,50,51)/t24-,25+,27-,31-,32+,38+/m0/s1. The molecule has 3 fully saturated rings. The number of benzene rings is 3. The Morgan fingerprint density at radius 3 is 2.22 bits per heavy atom. The van der Waals surface area contributed by atoms with Crippen LogP contribution < -0.4 is 15.1 Å². The molecule has 0 spiro atoms. The minimum Gasteiger partial charge on any atom is -0.508 e. The van der Waals surface area contributed by atoms with Gasteiger partial charge in [-0.25, -0.2) is 9.88 Å². The summed E-state index contributed by atoms with van der Waals surface area (Å²) in [6.45, 7) is 1.73. The van der Waals surface area contributed by atoms with Crippen molar-refractivity contribution in [3.8, 4) is 11.5 Å². The quantitative estimate of drug-likeness (QED) is 0.112. The summed E-state index contributed by atoms with van der Waals surface area (Å²) < 4.78 is 85.6. The predicted octanol–water partition coefficient (Wildman–Crippen LogP) is 9.16. The van der Waals surface area contributed by atoms with Crippen molar-refractivity contribution in [2.75, 3.05) is 10.3 Å². The third kappa shape index (κ3) is 6.55. The number of hydrogen-bond acceptors (Lipinski definition) is 8. The zero-order valence-corrected chi connectivity index (χ0v) is 32.3. The fraction of sp³-hybridized carbons (Fsp3) is 0.275. The lowest BCUT2D eigenvalue weighted by Gasteiger charge is -2.50. The van der Waals surface area contributed by atoms with E-state index < -0.39 is 99.1 Å². The van der Waals surface area contributed by atoms with Crippen LogP contribution >= 0.6 is 34.8 Å². The molecule has 59 heavy (non-hydrogen) atoms. The molecule has 4 amide bonds. The van der Waals surface area contributed by atoms with Crippen molar-refractivity contribution in [2.24, 2.45) is 23.7 Å². The van der Waals surface area contributed by atoms with Crippen LogP contribution in [0.25, 0.3) is 0 Å². The molecule has 2 N–H and O–H groups in total. The highest BCUT2D eigenvalue weighted by atomic mass is 35.5. The molecule has 0 unspecified atom stereocenters. The maximum absolute atomic E-state index is 15.3. The van der Waals surface area contributed by atoms with Gasteiger partial charge < -0.3 is 9.84 Å². The first kappa shape index (κ1) is 40.5. The Balaban J connectivity index is 1.33. The smallest absolute Gasteiger partial charge is 0.508 e. The average molecular weight is 880 g/mol. The Morgan fingerprint density at radius 2 is 1.58 bits per heavy atom. The van der Waals surface area contributed by atoms with E-state index in [1.165, 1.54) is 30.3 Å². The summed E-state index contributed by atoms with van der Waals surface area (Å²) in [5, 5.41) is 11.9. The topological polar surface area (TPSA) is 129 Å². The van der Waals surface area contributed by atoms with Crippen molar-refractivity contribution in [1.29, 1.82) is 0 Å². The molecule has 2 aliphatic heterocycles. The number of carbonyl (C=O) groups excluding carboxylic acids is 4. The van der Waals surface area contributed by atoms with Gasteiger partial charge in [-0.15, -0.1) is 13.2 Å². The van der Waals surface area contributed by atoms with Gasteiger partial charge in [0.25, 0.3) is 11.8 Å². The van der Waals surface area contributed by atoms with Crippen LogP contribution in [0.15, 0.2) is 84.6 Å². The maximum Gasteiger partial charge on any atom is 0.573 e. The predicted molar refractivity (Wildman–Crippen MR) is 200 cm³/mol. The summed E-state index contributed by atoms with van der Waals surface area (Å²) in [6, 6.07) is 13.5. The normalized spacial score (nSPS) is 25.5. The van der Waals surface area contributed by atoms with E-state index in [2.05, 4.69) is 15.1 Å². The molecule has 10 nitrogen and oxygen atoms in total. The summed E-state index contributed by atoms with van der Waals surface area (Å²) in [5.74, 6) is -11.3. The maximum atomic E-state index is 15.3. The van der Waals surface area contributed by atoms with Gasteiger partial charge >= 0.3 is 12.5 Å². The summed E-state index contributed by atoms with van der Waals surface area (Å²) >= 11 is 18.8. The first-order chi connectivity index (χ1) is 27.7. The number of ether oxygens (including phenoxy) is 1. The van der Waals surface area contributed by atoms with Gasteiger partial charge in [0.1, 0.15) is 11.5 Å². The molecule has 0 bridgehead atoms. The molecule has 2 aliphatic carbocycles. The molecule has 4 aromatic rings. The van der Waals surface area contributed by atoms with Crippen LogP contribution in [0.3, 0.4) is 0 Å². The molecule has 3 heterocycles. The third-order valence-electron chi connectivity index (χ3n) is 11.5. The molecule has 0 radical (unpaired) electrons. The van der Waals surface area contributed by atoms with Gasteiger partial charge in [-0.05, 0) is 85.3 Å². The number of aryl methyl sites for hydroxylation is 1. The number of phenols is 1. The molecular formula is C40H27Cl3F6N4O6. The van der Waals surface area contributed by atoms with Gasteiger partial charge in [-0.3, -0.25) is 24.6 Å². The van der Waals surface area contributed by atoms with Crippen molar-refractivity contribution >= 4 is 69.9 Å². The second-order valence-electron chi connectivity index (χ2n) is 14.6. The number of rotatable bonds is 6. The van der Waals surface area contributed by atoms with E-state index in [4.69, 9.17) is 34.8 Å². The van der Waals surface area contributed by atoms with Crippen LogP contribution in [0.4, 0.5) is 37.8 Å². The lowest BCUT2D eigenvalue weighted by atomic mass is 9.49. The number of imide groups is 2. The number of nitrogens with one attached hydrogen (secondary N) is 1. The fourth-order valence-electron chi connectivity index (χ4n) is 9.06. The number of aromatic hydroxyl groups is 1. The summed E-state index contributed by atoms with van der Waals surface area (Å²) in [4.78, 5) is 63.5. The summed E-state index contributed by atoms with van der Waals surface area (Å²) in [7, 11) is 0. The van der Waals surface area contributed by atoms with Crippen molar-refractivity contribution in [1.82, 2.24) is 9.99 Å². The second-order valence-corrected chi connectivity index (χ2v) is 15.9. The first-order valence-corrected chi connectivity index (χ1v) is 18.9. The van der Waals surface area contributed by atoms with E-state index in [9.17, 15) is 45.8 Å². The van der Waals surface area contributed by atoms with E-state index >= 15 is 4.79 Å². The Kier molecular flexibility index (Phi) is 9.71. The zero-order valence-electron chi connectivity index (χ0n) is 30.0. The number of amides is 4. The van der Waals surface area contributed by atoms with E-state index in [1.807, 2.05) is 0 Å². The SMILES string of the molecule is Cc1ccc(N2C(=O)[C@H]3[C@H](CC=C4[C@H]3C[C@H]3C(=O)N(Nc5ncc(C(F)(F)F)cc5Cl)C(=O)[C@@]3(c3ccc(Cl)cc3)[C@H]4c3cc(OC(F)(F)F)ccc3O)C2=O)cc1Cl. The number of alkyl halides is 6. The molecule has 1 aromatic heterocycles. The minimum atomic E-state index is -5.19. The number of hydrazine groups is 1. The van der Waals surface area contributed by atoms with Crippen LogP contribution in [0.1, 0.15) is 41.0 Å². The number of anilines is 2. The Hall–Kier alpha value is -5.32. The van der Waals surface area contributed by atoms with Gasteiger partial charge in [-0.1, -0.05) is 64.7 Å². The number of halogens is 9. The number of aromatic nitrogens is 1. The molecule has 3 aromatic carbocycles. The Labute approximate surface area is 345 Å². The van der Waals surface area contributed by atoms with Crippen molar-refractivity contribution in [2.45, 2.75) is 43.6 Å². The number of allylic oxidation sites excluding steroid dienone is 2. The first-order valence-electron chi connectivity index (χ1n) is 17.8. The zero-order chi connectivity index (χ0) is 42.5. The van der Waals surface area contributed by atoms with E-state index in [1.54, 1.807) is 25.1 Å². The number of nitrogens with zero attached hydrogens (tertiary/aromatic N) is 3. The summed E-state index contributed by atoms with van der Waals surface area (Å²) in [5.41, 5.74) is 0.0279. The molecule has 2 saturated heterocycles. The van der Waals surface area contributed by atoms with E-state index in [0.29, 0.717) is 22.8 Å². The van der Waals surface area contributed by atoms with Crippen LogP contribution in [-0.2, 0) is 30.8 Å². The molecule has 6 atom stereocenters. The van der Waals surface area contributed by atoms with Crippen molar-refractivity contribution in [3.05, 3.63) is 122 Å². The van der Waals surface area contributed by atoms with Gasteiger partial charge in [-0.2, -0.15) is 18.2 Å². The van der Waals surface area contributed by atoms with E-state index in [-0.39, 0.29) is 45.3 Å². The van der Waals surface area contributed by atoms with Crippen LogP contribution in [0, 0.1) is 30.6 Å². The molecule has 1 saturated carbocycles. The molecule has 8 rings (SSSR count). The largest absolute Gasteiger partial charge is 0.573 e. The lowest BCUT2D eigenvalue weighted by molar-refractivity contribution is -0.274. The van der Waals surface area contributed by atoms with Crippen LogP contribution in [0.2, 0.25) is 15.1 Å². The number of hydrogen-bond donors (Lipinski definition) is 2. The van der Waals surface area contributed by atoms with E-state index in [0.717, 1.165) is 23.1 Å². The number of pyridine rings is 1. The second kappa shape index (κ2) is 14.2. The molecule has 19 heteroatoms. The average Bonchev–Trinajstić information content (AvgIpc) is 3.54. The molecule has 306 valence electrons. The third-order valence-corrected chi connectivity index (χ3v) is 12.5. The highest BCUT2D eigenvalue weighted by Crippen LogP contribution is 2.65. The highest BCUT2D eigenvalue weighted by Gasteiger charge is 2.71. The Morgan fingerprint density at radius 1 is 0.864 bits per heavy atom. The van der Waals surface area contributed by atoms with Crippen molar-refractivity contribution in [3.63, 3.8) is 0 Å². The van der Waals surface area contributed by atoms with Crippen LogP contribution in [0.5, 0.6) is 11.5 Å². The fourth-order valence-corrected chi connectivity index (χ4v) is 9.57. The van der Waals surface area contributed by atoms with Gasteiger partial charge in [0.05, 0.1) is 39.4 Å². The van der Waals surface area contributed by atoms with Gasteiger partial charge in [0, 0.05) is 27.7 Å². The monoisotopic (exact) mass is 878 g/mol. The minimum absolute atomic E-state index is 0.0796. The number of phenolic OH excluding ortho intramolecular Hbond substituents is 1. The summed E-state index contributed by atoms with van der Waals surface area (Å²) in [6.07, 6.45) is -8.37. The number of fused-ring (bicyclic) bond motifs is 4. The highest BCUT2D eigenvalue weighted by molar-refractivity contribution is 6.33.